The predicted molar refractivity (Wildman–Crippen MR) is 236 cm³/mol. The molecule has 0 aliphatic heterocycles. The quantitative estimate of drug-likeness (QED) is 0.171. The zero-order chi connectivity index (χ0) is 37.7. The molecule has 0 amide bonds. The summed E-state index contributed by atoms with van der Waals surface area (Å²) in [5, 5.41) is 7.47. The Morgan fingerprint density at radius 2 is 0.754 bits per heavy atom. The second-order valence-electron chi connectivity index (χ2n) is 14.5. The third-order valence-electron chi connectivity index (χ3n) is 11.1. The van der Waals surface area contributed by atoms with Crippen LogP contribution in [0.15, 0.2) is 206 Å². The minimum atomic E-state index is 0.637. The molecule has 0 unspecified atom stereocenters. The Labute approximate surface area is 330 Å². The lowest BCUT2D eigenvalue weighted by molar-refractivity contribution is 1.07. The zero-order valence-electron chi connectivity index (χ0n) is 30.9. The molecule has 0 spiro atoms. The highest BCUT2D eigenvalue weighted by Gasteiger charge is 2.15. The molecular formula is C53H34N4. The Balaban J connectivity index is 0.931. The maximum Gasteiger partial charge on any atom is 0.164 e. The first kappa shape index (κ1) is 32.7. The molecule has 4 nitrogen and oxygen atoms in total. The lowest BCUT2D eigenvalue weighted by Gasteiger charge is -2.11. The van der Waals surface area contributed by atoms with Crippen molar-refractivity contribution in [2.75, 3.05) is 0 Å². The van der Waals surface area contributed by atoms with Crippen LogP contribution < -0.4 is 0 Å². The van der Waals surface area contributed by atoms with Gasteiger partial charge in [-0.2, -0.15) is 0 Å². The molecule has 0 radical (unpaired) electrons. The van der Waals surface area contributed by atoms with Crippen LogP contribution in [0.1, 0.15) is 0 Å². The maximum atomic E-state index is 5.04. The van der Waals surface area contributed by atoms with E-state index in [0.717, 1.165) is 39.1 Å². The van der Waals surface area contributed by atoms with Crippen LogP contribution in [-0.4, -0.2) is 19.5 Å². The van der Waals surface area contributed by atoms with Crippen molar-refractivity contribution in [1.29, 1.82) is 0 Å². The molecule has 9 aromatic carbocycles. The van der Waals surface area contributed by atoms with Gasteiger partial charge in [0.25, 0.3) is 0 Å². The third-order valence-corrected chi connectivity index (χ3v) is 11.1. The molecule has 57 heavy (non-hydrogen) atoms. The van der Waals surface area contributed by atoms with Gasteiger partial charge in [0.2, 0.25) is 0 Å². The molecule has 0 saturated heterocycles. The number of para-hydroxylation sites is 1. The number of benzene rings is 9. The summed E-state index contributed by atoms with van der Waals surface area (Å²) in [5.41, 5.74) is 11.0. The van der Waals surface area contributed by atoms with Crippen LogP contribution >= 0.6 is 0 Å². The predicted octanol–water partition coefficient (Wildman–Crippen LogP) is 13.6. The topological polar surface area (TPSA) is 43.6 Å². The molecule has 0 aliphatic carbocycles. The maximum absolute atomic E-state index is 5.04. The van der Waals surface area contributed by atoms with Gasteiger partial charge in [0.1, 0.15) is 0 Å². The zero-order valence-corrected chi connectivity index (χ0v) is 30.9. The number of hydrogen-bond donors (Lipinski definition) is 0. The Bertz CT molecular complexity index is 3250. The van der Waals surface area contributed by atoms with E-state index in [1.54, 1.807) is 0 Å². The van der Waals surface area contributed by atoms with E-state index in [4.69, 9.17) is 15.0 Å². The molecule has 2 aromatic heterocycles. The van der Waals surface area contributed by atoms with Crippen molar-refractivity contribution < 1.29 is 0 Å². The minimum absolute atomic E-state index is 0.637. The third kappa shape index (κ3) is 5.83. The Morgan fingerprint density at radius 3 is 1.42 bits per heavy atom. The molecule has 11 rings (SSSR count). The van der Waals surface area contributed by atoms with Gasteiger partial charge in [0.15, 0.2) is 17.5 Å². The highest BCUT2D eigenvalue weighted by molar-refractivity contribution is 6.13. The van der Waals surface area contributed by atoms with Crippen LogP contribution in [0.5, 0.6) is 0 Å². The van der Waals surface area contributed by atoms with E-state index >= 15 is 0 Å². The van der Waals surface area contributed by atoms with E-state index in [1.807, 2.05) is 30.3 Å². The normalized spacial score (nSPS) is 11.5. The molecule has 0 bridgehead atoms. The fraction of sp³-hybridized carbons (Fsp3) is 0. The van der Waals surface area contributed by atoms with Crippen LogP contribution in [0.25, 0.3) is 105 Å². The standard InChI is InChI=1S/C53H34N4/c1-2-12-39(13-3-1)51-54-52(56-53(55-51)41-27-23-38(24-28-41)46-19-10-16-37-11-6-7-17-45(37)46)40-25-21-35(22-26-40)36-29-31-44(32-30-36)57-49-20-9-8-18-47(49)48-33-42-14-4-5-15-43(42)34-50(48)57/h1-34H. The van der Waals surface area contributed by atoms with Gasteiger partial charge in [-0.3, -0.25) is 0 Å². The molecular weight excluding hydrogens is 693 g/mol. The monoisotopic (exact) mass is 726 g/mol. The first-order valence-corrected chi connectivity index (χ1v) is 19.3. The lowest BCUT2D eigenvalue weighted by atomic mass is 9.97. The SMILES string of the molecule is c1ccc(-c2nc(-c3ccc(-c4ccc(-n5c6ccccc6c6cc7ccccc7cc65)cc4)cc3)nc(-c3ccc(-c4cccc5ccccc45)cc3)n2)cc1. The first-order chi connectivity index (χ1) is 28.2. The Morgan fingerprint density at radius 1 is 0.281 bits per heavy atom. The van der Waals surface area contributed by atoms with Crippen molar-refractivity contribution in [2.45, 2.75) is 0 Å². The van der Waals surface area contributed by atoms with E-state index in [1.165, 1.54) is 48.9 Å². The summed E-state index contributed by atoms with van der Waals surface area (Å²) in [6.45, 7) is 0. The Hall–Kier alpha value is -7.69. The van der Waals surface area contributed by atoms with Gasteiger partial charge in [-0.05, 0) is 74.1 Å². The molecule has 0 fully saturated rings. The first-order valence-electron chi connectivity index (χ1n) is 19.3. The average Bonchev–Trinajstić information content (AvgIpc) is 3.61. The number of nitrogens with zero attached hydrogens (tertiary/aromatic N) is 4. The van der Waals surface area contributed by atoms with Crippen LogP contribution in [0.3, 0.4) is 0 Å². The van der Waals surface area contributed by atoms with E-state index in [-0.39, 0.29) is 0 Å². The largest absolute Gasteiger partial charge is 0.309 e. The van der Waals surface area contributed by atoms with Gasteiger partial charge in [0, 0.05) is 33.2 Å². The van der Waals surface area contributed by atoms with Crippen molar-refractivity contribution in [2.24, 2.45) is 0 Å². The molecule has 4 heteroatoms. The molecule has 11 aromatic rings. The van der Waals surface area contributed by atoms with E-state index in [0.29, 0.717) is 17.5 Å². The van der Waals surface area contributed by atoms with E-state index in [2.05, 4.69) is 180 Å². The van der Waals surface area contributed by atoms with Gasteiger partial charge >= 0.3 is 0 Å². The summed E-state index contributed by atoms with van der Waals surface area (Å²) in [6, 6.07) is 72.9. The van der Waals surface area contributed by atoms with Gasteiger partial charge in [-0.1, -0.05) is 176 Å². The fourth-order valence-corrected chi connectivity index (χ4v) is 8.17. The Kier molecular flexibility index (Phi) is 7.78. The number of fused-ring (bicyclic) bond motifs is 5. The molecule has 0 atom stereocenters. The van der Waals surface area contributed by atoms with Gasteiger partial charge in [-0.25, -0.2) is 15.0 Å². The summed E-state index contributed by atoms with van der Waals surface area (Å²) < 4.78 is 2.38. The van der Waals surface area contributed by atoms with Crippen molar-refractivity contribution in [3.63, 3.8) is 0 Å². The summed E-state index contributed by atoms with van der Waals surface area (Å²) >= 11 is 0. The van der Waals surface area contributed by atoms with Crippen LogP contribution in [-0.2, 0) is 0 Å². The summed E-state index contributed by atoms with van der Waals surface area (Å²) in [5.74, 6) is 1.92. The molecule has 266 valence electrons. The van der Waals surface area contributed by atoms with Gasteiger partial charge < -0.3 is 4.57 Å². The highest BCUT2D eigenvalue weighted by atomic mass is 15.0. The van der Waals surface area contributed by atoms with Gasteiger partial charge in [0.05, 0.1) is 11.0 Å². The number of hydrogen-bond acceptors (Lipinski definition) is 3. The van der Waals surface area contributed by atoms with Crippen molar-refractivity contribution in [3.8, 4) is 62.1 Å². The van der Waals surface area contributed by atoms with Gasteiger partial charge in [-0.15, -0.1) is 0 Å². The van der Waals surface area contributed by atoms with Crippen LogP contribution in [0, 0.1) is 0 Å². The molecule has 0 aliphatic rings. The van der Waals surface area contributed by atoms with Crippen molar-refractivity contribution in [1.82, 2.24) is 19.5 Å². The minimum Gasteiger partial charge on any atom is -0.309 e. The average molecular weight is 727 g/mol. The number of aromatic nitrogens is 4. The summed E-state index contributed by atoms with van der Waals surface area (Å²) in [4.78, 5) is 15.0. The summed E-state index contributed by atoms with van der Waals surface area (Å²) in [6.07, 6.45) is 0. The molecule has 2 heterocycles. The highest BCUT2D eigenvalue weighted by Crippen LogP contribution is 2.36. The van der Waals surface area contributed by atoms with Crippen molar-refractivity contribution >= 4 is 43.4 Å². The summed E-state index contributed by atoms with van der Waals surface area (Å²) in [7, 11) is 0. The van der Waals surface area contributed by atoms with E-state index < -0.39 is 0 Å². The lowest BCUT2D eigenvalue weighted by Crippen LogP contribution is -2.00. The molecule has 0 saturated carbocycles. The van der Waals surface area contributed by atoms with Crippen LogP contribution in [0.2, 0.25) is 0 Å². The van der Waals surface area contributed by atoms with Crippen LogP contribution in [0.4, 0.5) is 0 Å². The van der Waals surface area contributed by atoms with E-state index in [9.17, 15) is 0 Å². The smallest absolute Gasteiger partial charge is 0.164 e. The molecule has 0 N–H and O–H groups in total. The fourth-order valence-electron chi connectivity index (χ4n) is 8.17. The number of rotatable bonds is 6. The second kappa shape index (κ2) is 13.6. The van der Waals surface area contributed by atoms with Crippen molar-refractivity contribution in [3.05, 3.63) is 206 Å². The second-order valence-corrected chi connectivity index (χ2v) is 14.5.